The smallest absolute Gasteiger partial charge is 0.255 e. The number of rotatable bonds is 6. The number of likely N-dealkylation sites (N-methyl/N-ethyl adjacent to an activating group) is 1. The Morgan fingerprint density at radius 2 is 1.80 bits per heavy atom. The molecule has 232 valence electrons. The monoisotopic (exact) mass is 603 g/mol. The number of ether oxygens (including phenoxy) is 1. The van der Waals surface area contributed by atoms with E-state index in [1.807, 2.05) is 18.2 Å². The maximum Gasteiger partial charge on any atom is 0.255 e. The lowest BCUT2D eigenvalue weighted by Crippen LogP contribution is -2.65. The van der Waals surface area contributed by atoms with Crippen LogP contribution in [0.5, 0.6) is 11.5 Å². The summed E-state index contributed by atoms with van der Waals surface area (Å²) in [7, 11) is 4.72. The summed E-state index contributed by atoms with van der Waals surface area (Å²) in [5, 5.41) is 45.5. The maximum absolute atomic E-state index is 14.1. The van der Waals surface area contributed by atoms with Gasteiger partial charge in [-0.15, -0.1) is 0 Å². The third kappa shape index (κ3) is 4.33. The van der Waals surface area contributed by atoms with E-state index in [4.69, 9.17) is 10.5 Å². The molecule has 1 saturated heterocycles. The van der Waals surface area contributed by atoms with Crippen molar-refractivity contribution in [2.24, 2.45) is 17.6 Å². The van der Waals surface area contributed by atoms with E-state index in [1.54, 1.807) is 27.3 Å². The van der Waals surface area contributed by atoms with Crippen molar-refractivity contribution in [1.82, 2.24) is 9.80 Å². The quantitative estimate of drug-likeness (QED) is 0.308. The van der Waals surface area contributed by atoms with E-state index < -0.39 is 58.0 Å². The van der Waals surface area contributed by atoms with Crippen molar-refractivity contribution in [3.63, 3.8) is 0 Å². The van der Waals surface area contributed by atoms with Crippen LogP contribution in [-0.2, 0) is 27.3 Å². The number of aliphatic hydroxyl groups is 3. The molecule has 0 bridgehead atoms. The third-order valence-electron chi connectivity index (χ3n) is 9.76. The number of primary amides is 1. The van der Waals surface area contributed by atoms with Gasteiger partial charge in [0.1, 0.15) is 28.6 Å². The molecule has 4 aliphatic rings. The minimum absolute atomic E-state index is 0.0208. The van der Waals surface area contributed by atoms with Gasteiger partial charge >= 0.3 is 0 Å². The van der Waals surface area contributed by atoms with Gasteiger partial charge < -0.3 is 30.9 Å². The first kappa shape index (κ1) is 29.9. The fourth-order valence-corrected chi connectivity index (χ4v) is 7.76. The number of methoxy groups -OCH3 is 1. The van der Waals surface area contributed by atoms with Crippen molar-refractivity contribution < 1.29 is 39.5 Å². The molecule has 1 saturated carbocycles. The minimum Gasteiger partial charge on any atom is -0.508 e. The maximum atomic E-state index is 14.1. The molecule has 2 aromatic rings. The Hall–Kier alpha value is -4.19. The number of nitrogens with two attached hydrogens (primary N) is 1. The Morgan fingerprint density at radius 3 is 2.43 bits per heavy atom. The summed E-state index contributed by atoms with van der Waals surface area (Å²) in [6, 6.07) is 8.01. The van der Waals surface area contributed by atoms with Crippen molar-refractivity contribution in [2.75, 3.05) is 34.3 Å². The summed E-state index contributed by atoms with van der Waals surface area (Å²) in [5.74, 6) is -6.18. The highest BCUT2D eigenvalue weighted by Crippen LogP contribution is 2.54. The normalized spacial score (nSPS) is 27.0. The molecule has 6 N–H and O–H groups in total. The fraction of sp³-hybridized carbons (Fsp3) is 0.424. The van der Waals surface area contributed by atoms with Gasteiger partial charge in [0.25, 0.3) is 5.91 Å². The number of phenolic OH excluding ortho intramolecular Hbond substituents is 1. The molecule has 6 rings (SSSR count). The summed E-state index contributed by atoms with van der Waals surface area (Å²) in [6.07, 6.45) is 2.54. The van der Waals surface area contributed by atoms with Crippen LogP contribution in [0.25, 0.3) is 16.9 Å². The van der Waals surface area contributed by atoms with Gasteiger partial charge in [0.2, 0.25) is 5.78 Å². The predicted octanol–water partition coefficient (Wildman–Crippen LogP) is 2.24. The van der Waals surface area contributed by atoms with Crippen LogP contribution in [0.1, 0.15) is 36.0 Å². The Bertz CT molecular complexity index is 1650. The molecule has 0 radical (unpaired) electrons. The number of benzene rings is 2. The van der Waals surface area contributed by atoms with Crippen LogP contribution in [0.3, 0.4) is 0 Å². The Labute approximate surface area is 254 Å². The van der Waals surface area contributed by atoms with Crippen LogP contribution in [0.15, 0.2) is 47.2 Å². The van der Waals surface area contributed by atoms with Crippen LogP contribution < -0.4 is 10.5 Å². The first-order valence-electron chi connectivity index (χ1n) is 14.8. The molecule has 0 spiro atoms. The summed E-state index contributed by atoms with van der Waals surface area (Å²) >= 11 is 0. The average molecular weight is 604 g/mol. The van der Waals surface area contributed by atoms with E-state index in [9.17, 15) is 34.8 Å². The zero-order valence-electron chi connectivity index (χ0n) is 25.0. The summed E-state index contributed by atoms with van der Waals surface area (Å²) in [6.45, 7) is 2.83. The first-order chi connectivity index (χ1) is 20.9. The Balaban J connectivity index is 1.51. The Kier molecular flexibility index (Phi) is 7.30. The number of nitrogens with zero attached hydrogens (tertiary/aromatic N) is 2. The average Bonchev–Trinajstić information content (AvgIpc) is 3.48. The number of hydrogen-bond donors (Lipinski definition) is 5. The van der Waals surface area contributed by atoms with Gasteiger partial charge in [-0.3, -0.25) is 24.2 Å². The number of carbonyl (C=O) groups is 3. The van der Waals surface area contributed by atoms with Gasteiger partial charge in [-0.05, 0) is 93.7 Å². The molecule has 11 nitrogen and oxygen atoms in total. The second-order valence-corrected chi connectivity index (χ2v) is 12.5. The van der Waals surface area contributed by atoms with Crippen LogP contribution in [0.4, 0.5) is 0 Å². The lowest BCUT2D eigenvalue weighted by Gasteiger charge is -2.50. The van der Waals surface area contributed by atoms with E-state index in [0.29, 0.717) is 16.9 Å². The van der Waals surface area contributed by atoms with Crippen LogP contribution in [0, 0.1) is 11.8 Å². The van der Waals surface area contributed by atoms with E-state index in [-0.39, 0.29) is 29.7 Å². The molecular formula is C33H37N3O8. The van der Waals surface area contributed by atoms with Gasteiger partial charge in [0, 0.05) is 23.6 Å². The summed E-state index contributed by atoms with van der Waals surface area (Å²) in [4.78, 5) is 43.5. The third-order valence-corrected chi connectivity index (χ3v) is 9.76. The van der Waals surface area contributed by atoms with Gasteiger partial charge in [-0.25, -0.2) is 0 Å². The topological polar surface area (TPSA) is 174 Å². The highest BCUT2D eigenvalue weighted by Gasteiger charge is 2.64. The number of likely N-dealkylation sites (tertiary alicyclic amines) is 1. The van der Waals surface area contributed by atoms with Crippen molar-refractivity contribution in [3.8, 4) is 22.6 Å². The van der Waals surface area contributed by atoms with Crippen molar-refractivity contribution >= 4 is 23.2 Å². The van der Waals surface area contributed by atoms with E-state index >= 15 is 0 Å². The number of aliphatic hydroxyl groups excluding tert-OH is 2. The van der Waals surface area contributed by atoms with E-state index in [2.05, 4.69) is 4.90 Å². The van der Waals surface area contributed by atoms with E-state index in [0.717, 1.165) is 43.6 Å². The number of fused-ring (bicyclic) bond motifs is 3. The Morgan fingerprint density at radius 1 is 1.09 bits per heavy atom. The molecule has 4 atom stereocenters. The highest BCUT2D eigenvalue weighted by molar-refractivity contribution is 6.24. The van der Waals surface area contributed by atoms with Gasteiger partial charge in [-0.2, -0.15) is 0 Å². The second kappa shape index (κ2) is 10.8. The van der Waals surface area contributed by atoms with Crippen molar-refractivity contribution in [1.29, 1.82) is 0 Å². The highest BCUT2D eigenvalue weighted by atomic mass is 16.5. The van der Waals surface area contributed by atoms with Gasteiger partial charge in [0.05, 0.1) is 18.7 Å². The van der Waals surface area contributed by atoms with Gasteiger partial charge in [-0.1, -0.05) is 12.1 Å². The second-order valence-electron chi connectivity index (χ2n) is 12.5. The van der Waals surface area contributed by atoms with Crippen LogP contribution >= 0.6 is 0 Å². The van der Waals surface area contributed by atoms with Gasteiger partial charge in [0.15, 0.2) is 11.4 Å². The molecule has 1 amide bonds. The molecule has 2 fully saturated rings. The van der Waals surface area contributed by atoms with Crippen LogP contribution in [0.2, 0.25) is 0 Å². The number of ketones is 2. The molecule has 1 heterocycles. The van der Waals surface area contributed by atoms with Crippen molar-refractivity contribution in [3.05, 3.63) is 63.9 Å². The molecule has 11 heteroatoms. The number of aromatic hydroxyl groups is 1. The number of amides is 1. The summed E-state index contributed by atoms with van der Waals surface area (Å²) < 4.78 is 5.72. The molecule has 44 heavy (non-hydrogen) atoms. The number of hydrogen-bond acceptors (Lipinski definition) is 10. The fourth-order valence-electron chi connectivity index (χ4n) is 7.76. The van der Waals surface area contributed by atoms with E-state index in [1.165, 1.54) is 11.0 Å². The number of phenols is 1. The molecule has 2 aromatic carbocycles. The molecule has 0 unspecified atom stereocenters. The molecule has 3 aliphatic carbocycles. The number of Topliss-reactive ketones (excluding diaryl/α,β-unsaturated/α-hetero) is 2. The lowest BCUT2D eigenvalue weighted by atomic mass is 9.57. The number of carbonyl (C=O) groups excluding carboxylic acids is 3. The first-order valence-corrected chi connectivity index (χ1v) is 14.8. The zero-order valence-corrected chi connectivity index (χ0v) is 25.0. The SMILES string of the molecule is COc1ccc(CN2CCCC2)cc1-c1ccc(O)c2c1C[C@@H]1C[C@@H]3[C@@H](N(C)C)C(=O)C(C(N)=O)=C(O)[C@]3(O)C(=O)C1=C2O. The van der Waals surface area contributed by atoms with Crippen LogP contribution in [-0.4, -0.2) is 93.6 Å². The lowest BCUT2D eigenvalue weighted by molar-refractivity contribution is -0.153. The summed E-state index contributed by atoms with van der Waals surface area (Å²) in [5.41, 5.74) is 4.91. The minimum atomic E-state index is -2.68. The standard InChI is InChI=1S/C33H37N3O8/c1-35(2)27-21-14-17-13-20-18(19-12-16(6-9-23(19)44-3)15-36-10-4-5-11-36)7-8-22(37)25(20)28(38)24(17)30(40)33(21,43)31(41)26(29(27)39)32(34)42/h6-9,12,17,21,27,37-38,41,43H,4-5,10-11,13-15H2,1-3H3,(H2,34,42)/t17-,21-,27-,33-/m1/s1. The zero-order chi connectivity index (χ0) is 31.7. The molecular weight excluding hydrogens is 566 g/mol. The van der Waals surface area contributed by atoms with Crippen molar-refractivity contribution in [2.45, 2.75) is 43.9 Å². The molecule has 1 aliphatic heterocycles. The molecule has 0 aromatic heterocycles. The predicted molar refractivity (Wildman–Crippen MR) is 161 cm³/mol. The largest absolute Gasteiger partial charge is 0.508 e.